The van der Waals surface area contributed by atoms with Crippen molar-refractivity contribution in [1.29, 1.82) is 0 Å². The molecular formula is C22H28O4. The highest BCUT2D eigenvalue weighted by Gasteiger charge is 2.44. The average Bonchev–Trinajstić information content (AvgIpc) is 3.52. The van der Waals surface area contributed by atoms with Crippen molar-refractivity contribution >= 4 is 0 Å². The van der Waals surface area contributed by atoms with Gasteiger partial charge in [-0.3, -0.25) is 0 Å². The number of fused-ring (bicyclic) bond motifs is 5. The molecule has 1 aromatic rings. The summed E-state index contributed by atoms with van der Waals surface area (Å²) in [6.45, 7) is 3.26. The molecule has 3 fully saturated rings. The third kappa shape index (κ3) is 4.97. The van der Waals surface area contributed by atoms with Gasteiger partial charge >= 0.3 is 0 Å². The van der Waals surface area contributed by atoms with Crippen LogP contribution in [0.3, 0.4) is 0 Å². The van der Waals surface area contributed by atoms with Crippen molar-refractivity contribution in [3.05, 3.63) is 54.6 Å². The first-order valence-electron chi connectivity index (χ1n) is 9.69. The predicted molar refractivity (Wildman–Crippen MR) is 99.9 cm³/mol. The molecular weight excluding hydrogens is 328 g/mol. The smallest absolute Gasteiger partial charge is 0.115 e. The minimum atomic E-state index is 0.322. The van der Waals surface area contributed by atoms with Crippen LogP contribution in [0.25, 0.3) is 0 Å². The predicted octanol–water partition coefficient (Wildman–Crippen LogP) is 3.58. The zero-order valence-corrected chi connectivity index (χ0v) is 15.1. The van der Waals surface area contributed by atoms with Crippen LogP contribution < -0.4 is 0 Å². The van der Waals surface area contributed by atoms with Gasteiger partial charge in [-0.1, -0.05) is 42.5 Å². The number of para-hydroxylation sites is 1. The maximum Gasteiger partial charge on any atom is 0.115 e. The Kier molecular flexibility index (Phi) is 5.73. The summed E-state index contributed by atoms with van der Waals surface area (Å²) in [7, 11) is 0. The lowest BCUT2D eigenvalue weighted by Gasteiger charge is -2.18. The lowest BCUT2D eigenvalue weighted by molar-refractivity contribution is 0.102. The minimum absolute atomic E-state index is 0.322. The SMILES string of the molecule is C(OCC1CO1)C1CO1.C1=CC2C3C=CC(C3)C2C1.Oc1ccccc1. The van der Waals surface area contributed by atoms with E-state index in [0.29, 0.717) is 18.0 Å². The Morgan fingerprint density at radius 2 is 1.58 bits per heavy atom. The van der Waals surface area contributed by atoms with Crippen molar-refractivity contribution < 1.29 is 19.3 Å². The van der Waals surface area contributed by atoms with Crippen LogP contribution in [0.1, 0.15) is 12.8 Å². The first-order chi connectivity index (χ1) is 12.8. The molecule has 2 aliphatic heterocycles. The van der Waals surface area contributed by atoms with Crippen molar-refractivity contribution in [2.75, 3.05) is 26.4 Å². The summed E-state index contributed by atoms with van der Waals surface area (Å²) in [5, 5.41) is 8.63. The molecule has 2 heterocycles. The van der Waals surface area contributed by atoms with E-state index >= 15 is 0 Å². The molecule has 5 aliphatic rings. The molecule has 0 aromatic heterocycles. The van der Waals surface area contributed by atoms with Gasteiger partial charge in [0.25, 0.3) is 0 Å². The van der Waals surface area contributed by atoms with Crippen LogP contribution in [0, 0.1) is 23.7 Å². The maximum atomic E-state index is 8.63. The largest absolute Gasteiger partial charge is 0.508 e. The number of ether oxygens (including phenoxy) is 3. The monoisotopic (exact) mass is 356 g/mol. The molecule has 6 atom stereocenters. The molecule has 4 heteroatoms. The molecule has 140 valence electrons. The molecule has 1 saturated carbocycles. The van der Waals surface area contributed by atoms with E-state index in [9.17, 15) is 0 Å². The zero-order valence-electron chi connectivity index (χ0n) is 15.1. The van der Waals surface area contributed by atoms with Gasteiger partial charge in [-0.05, 0) is 48.6 Å². The summed E-state index contributed by atoms with van der Waals surface area (Å²) in [6, 6.07) is 8.71. The van der Waals surface area contributed by atoms with E-state index in [1.54, 1.807) is 24.3 Å². The Labute approximate surface area is 155 Å². The molecule has 1 N–H and O–H groups in total. The highest BCUT2D eigenvalue weighted by atomic mass is 16.6. The van der Waals surface area contributed by atoms with E-state index in [1.165, 1.54) is 12.8 Å². The second-order valence-corrected chi connectivity index (χ2v) is 7.64. The highest BCUT2D eigenvalue weighted by Crippen LogP contribution is 2.52. The van der Waals surface area contributed by atoms with E-state index in [1.807, 2.05) is 6.07 Å². The summed E-state index contributed by atoms with van der Waals surface area (Å²) in [4.78, 5) is 0. The fraction of sp³-hybridized carbons (Fsp3) is 0.545. The molecule has 26 heavy (non-hydrogen) atoms. The van der Waals surface area contributed by atoms with Gasteiger partial charge in [0.15, 0.2) is 0 Å². The summed E-state index contributed by atoms with van der Waals surface area (Å²) >= 11 is 0. The number of rotatable bonds is 4. The minimum Gasteiger partial charge on any atom is -0.508 e. The van der Waals surface area contributed by atoms with Crippen molar-refractivity contribution in [1.82, 2.24) is 0 Å². The average molecular weight is 356 g/mol. The van der Waals surface area contributed by atoms with Crippen molar-refractivity contribution in [2.24, 2.45) is 23.7 Å². The quantitative estimate of drug-likeness (QED) is 0.662. The van der Waals surface area contributed by atoms with E-state index in [0.717, 1.165) is 50.1 Å². The number of phenols is 1. The van der Waals surface area contributed by atoms with Crippen LogP contribution >= 0.6 is 0 Å². The van der Waals surface area contributed by atoms with Crippen molar-refractivity contribution in [3.63, 3.8) is 0 Å². The third-order valence-electron chi connectivity index (χ3n) is 5.62. The molecule has 3 aliphatic carbocycles. The standard InChI is InChI=1S/C10H12.C6H10O3.C6H6O/c1-2-9-7-4-5-8(6-7)10(9)3-1;1(5-3-8-5)7-2-6-4-9-6;7-6-4-2-1-3-5-6/h1-2,4-5,7-10H,3,6H2;5-6H,1-4H2;1-5,7H. The van der Waals surface area contributed by atoms with Crippen LogP contribution in [-0.2, 0) is 14.2 Å². The first-order valence-corrected chi connectivity index (χ1v) is 9.69. The Morgan fingerprint density at radius 1 is 0.923 bits per heavy atom. The summed E-state index contributed by atoms with van der Waals surface area (Å²) in [5.41, 5.74) is 0. The van der Waals surface area contributed by atoms with Crippen molar-refractivity contribution in [2.45, 2.75) is 25.0 Å². The number of allylic oxidation sites excluding steroid dienone is 4. The Bertz CT molecular complexity index is 606. The number of hydrogen-bond acceptors (Lipinski definition) is 4. The molecule has 6 unspecified atom stereocenters. The maximum absolute atomic E-state index is 8.63. The van der Waals surface area contributed by atoms with E-state index in [4.69, 9.17) is 19.3 Å². The van der Waals surface area contributed by atoms with Gasteiger partial charge in [-0.15, -0.1) is 0 Å². The molecule has 0 radical (unpaired) electrons. The zero-order chi connectivity index (χ0) is 17.8. The molecule has 1 aromatic carbocycles. The molecule has 0 amide bonds. The molecule has 6 rings (SSSR count). The van der Waals surface area contributed by atoms with Crippen molar-refractivity contribution in [3.8, 4) is 5.75 Å². The highest BCUT2D eigenvalue weighted by molar-refractivity contribution is 5.21. The van der Waals surface area contributed by atoms with Crippen LogP contribution in [0.15, 0.2) is 54.6 Å². The van der Waals surface area contributed by atoms with Crippen LogP contribution in [-0.4, -0.2) is 43.7 Å². The van der Waals surface area contributed by atoms with Gasteiger partial charge < -0.3 is 19.3 Å². The molecule has 4 nitrogen and oxygen atoms in total. The number of phenolic OH excluding ortho intramolecular Hbond substituents is 1. The summed E-state index contributed by atoms with van der Waals surface area (Å²) in [5.74, 6) is 4.14. The van der Waals surface area contributed by atoms with E-state index < -0.39 is 0 Å². The second kappa shape index (κ2) is 8.38. The van der Waals surface area contributed by atoms with Crippen LogP contribution in [0.5, 0.6) is 5.75 Å². The topological polar surface area (TPSA) is 54.5 Å². The molecule has 2 saturated heterocycles. The molecule has 0 spiro atoms. The lowest BCUT2D eigenvalue weighted by atomic mass is 9.86. The third-order valence-corrected chi connectivity index (χ3v) is 5.62. The molecule has 2 bridgehead atoms. The van der Waals surface area contributed by atoms with Gasteiger partial charge in [0.05, 0.1) is 26.4 Å². The van der Waals surface area contributed by atoms with Gasteiger partial charge in [-0.2, -0.15) is 0 Å². The number of aromatic hydroxyl groups is 1. The lowest BCUT2D eigenvalue weighted by Crippen LogP contribution is -2.12. The van der Waals surface area contributed by atoms with Gasteiger partial charge in [0.2, 0.25) is 0 Å². The van der Waals surface area contributed by atoms with E-state index in [2.05, 4.69) is 24.3 Å². The number of hydrogen-bond donors (Lipinski definition) is 1. The number of epoxide rings is 2. The summed E-state index contributed by atoms with van der Waals surface area (Å²) in [6.07, 6.45) is 13.3. The fourth-order valence-electron chi connectivity index (χ4n) is 4.06. The Balaban J connectivity index is 0.0000000990. The van der Waals surface area contributed by atoms with E-state index in [-0.39, 0.29) is 0 Å². The summed E-state index contributed by atoms with van der Waals surface area (Å²) < 4.78 is 15.1. The van der Waals surface area contributed by atoms with Crippen LogP contribution in [0.2, 0.25) is 0 Å². The Morgan fingerprint density at radius 3 is 2.12 bits per heavy atom. The van der Waals surface area contributed by atoms with Gasteiger partial charge in [0.1, 0.15) is 18.0 Å². The van der Waals surface area contributed by atoms with Gasteiger partial charge in [-0.25, -0.2) is 0 Å². The normalized spacial score (nSPS) is 36.6. The fourth-order valence-corrected chi connectivity index (χ4v) is 4.06. The first kappa shape index (κ1) is 17.8. The second-order valence-electron chi connectivity index (χ2n) is 7.64. The Hall–Kier alpha value is -1.62. The van der Waals surface area contributed by atoms with Crippen LogP contribution in [0.4, 0.5) is 0 Å². The number of benzene rings is 1. The van der Waals surface area contributed by atoms with Gasteiger partial charge in [0, 0.05) is 0 Å².